The second-order valence-corrected chi connectivity index (χ2v) is 12.5. The van der Waals surface area contributed by atoms with Crippen molar-refractivity contribution in [3.05, 3.63) is 34.9 Å². The van der Waals surface area contributed by atoms with Gasteiger partial charge in [0.2, 0.25) is 11.8 Å². The van der Waals surface area contributed by atoms with Crippen molar-refractivity contribution in [2.75, 3.05) is 6.54 Å². The highest BCUT2D eigenvalue weighted by Gasteiger charge is 2.37. The Kier molecular flexibility index (Phi) is 11.4. The minimum atomic E-state index is -1.49. The number of nitrogens with one attached hydrogen (secondary N) is 4. The Balaban J connectivity index is 1.39. The lowest BCUT2D eigenvalue weighted by Gasteiger charge is -2.29. The van der Waals surface area contributed by atoms with Crippen molar-refractivity contribution in [1.82, 2.24) is 20.7 Å². The molecule has 0 spiro atoms. The monoisotopic (exact) mass is 594 g/mol. The molecule has 1 aromatic rings. The predicted molar refractivity (Wildman–Crippen MR) is 152 cm³/mol. The lowest BCUT2D eigenvalue weighted by molar-refractivity contribution is -0.133. The van der Waals surface area contributed by atoms with Gasteiger partial charge in [-0.1, -0.05) is 55.8 Å². The summed E-state index contributed by atoms with van der Waals surface area (Å²) in [5, 5.41) is 19.2. The Bertz CT molecular complexity index is 1050. The maximum absolute atomic E-state index is 13.6. The highest BCUT2D eigenvalue weighted by atomic mass is 35.5. The van der Waals surface area contributed by atoms with Gasteiger partial charge in [0.05, 0.1) is 6.04 Å². The molecule has 4 amide bonds. The van der Waals surface area contributed by atoms with Crippen LogP contribution in [0.1, 0.15) is 69.8 Å². The van der Waals surface area contributed by atoms with E-state index in [4.69, 9.17) is 16.3 Å². The average Bonchev–Trinajstić information content (AvgIpc) is 3.67. The van der Waals surface area contributed by atoms with Gasteiger partial charge in [-0.05, 0) is 67.7 Å². The van der Waals surface area contributed by atoms with E-state index in [2.05, 4.69) is 20.7 Å². The van der Waals surface area contributed by atoms with Gasteiger partial charge in [0.15, 0.2) is 6.10 Å². The van der Waals surface area contributed by atoms with E-state index in [-0.39, 0.29) is 25.0 Å². The molecule has 3 fully saturated rings. The molecule has 1 aromatic carbocycles. The van der Waals surface area contributed by atoms with Crippen molar-refractivity contribution in [3.8, 4) is 0 Å². The summed E-state index contributed by atoms with van der Waals surface area (Å²) in [5.74, 6) is -1.18. The minimum absolute atomic E-state index is 0.0280. The molecule has 1 saturated heterocycles. The number of ether oxygens (including phenoxy) is 1. The summed E-state index contributed by atoms with van der Waals surface area (Å²) >= 11 is 6.96. The van der Waals surface area contributed by atoms with Crippen molar-refractivity contribution >= 4 is 47.4 Å². The number of hydrogen-bond acceptors (Lipinski definition) is 7. The summed E-state index contributed by atoms with van der Waals surface area (Å²) in [6, 6.07) is 6.10. The van der Waals surface area contributed by atoms with Crippen LogP contribution in [0.3, 0.4) is 0 Å². The van der Waals surface area contributed by atoms with Crippen LogP contribution in [0.15, 0.2) is 24.3 Å². The molecule has 10 nitrogen and oxygen atoms in total. The summed E-state index contributed by atoms with van der Waals surface area (Å²) in [6.45, 7) is 0.552. The first kappa shape index (κ1) is 30.5. The molecule has 5 N–H and O–H groups in total. The van der Waals surface area contributed by atoms with E-state index in [1.807, 2.05) is 0 Å². The third-order valence-electron chi connectivity index (χ3n) is 7.71. The van der Waals surface area contributed by atoms with E-state index in [9.17, 15) is 24.3 Å². The number of benzene rings is 1. The molecule has 1 heterocycles. The number of aliphatic hydroxyl groups is 1. The molecule has 0 radical (unpaired) electrons. The van der Waals surface area contributed by atoms with E-state index >= 15 is 0 Å². The normalized spacial score (nSPS) is 21.6. The maximum atomic E-state index is 13.6. The summed E-state index contributed by atoms with van der Waals surface area (Å²) in [7, 11) is 0. The average molecular weight is 595 g/mol. The smallest absolute Gasteiger partial charge is 0.417 e. The molecule has 1 unspecified atom stereocenters. The van der Waals surface area contributed by atoms with E-state index in [0.717, 1.165) is 56.0 Å². The topological polar surface area (TPSA) is 146 Å². The Morgan fingerprint density at radius 3 is 2.52 bits per heavy atom. The van der Waals surface area contributed by atoms with Crippen LogP contribution in [-0.4, -0.2) is 58.9 Å². The largest absolute Gasteiger partial charge is 0.444 e. The summed E-state index contributed by atoms with van der Waals surface area (Å²) in [5.41, 5.74) is 0.737. The molecular weight excluding hydrogens is 556 g/mol. The van der Waals surface area contributed by atoms with Crippen molar-refractivity contribution in [2.24, 2.45) is 11.8 Å². The maximum Gasteiger partial charge on any atom is 0.417 e. The molecule has 1 aliphatic heterocycles. The van der Waals surface area contributed by atoms with Crippen molar-refractivity contribution in [2.45, 2.75) is 94.3 Å². The van der Waals surface area contributed by atoms with Crippen LogP contribution in [0.25, 0.3) is 0 Å². The van der Waals surface area contributed by atoms with E-state index < -0.39 is 41.2 Å². The molecule has 220 valence electrons. The lowest BCUT2D eigenvalue weighted by Crippen LogP contribution is -2.54. The number of aliphatic hydroxyl groups excluding tert-OH is 1. The fourth-order valence-electron chi connectivity index (χ4n) is 5.27. The number of carbonyl (C=O) groups excluding carboxylic acids is 4. The molecule has 0 aromatic heterocycles. The van der Waals surface area contributed by atoms with Crippen LogP contribution in [0.4, 0.5) is 4.79 Å². The Hall–Kier alpha value is -2.50. The van der Waals surface area contributed by atoms with Gasteiger partial charge in [0, 0.05) is 23.5 Å². The number of rotatable bonds is 13. The summed E-state index contributed by atoms with van der Waals surface area (Å²) in [4.78, 5) is 51.0. The lowest BCUT2D eigenvalue weighted by atomic mass is 9.86. The predicted octanol–water partition coefficient (Wildman–Crippen LogP) is 3.20. The highest BCUT2D eigenvalue weighted by Crippen LogP contribution is 2.31. The van der Waals surface area contributed by atoms with Crippen LogP contribution < -0.4 is 20.7 Å². The van der Waals surface area contributed by atoms with Crippen molar-refractivity contribution in [1.29, 1.82) is 0 Å². The first-order valence-electron chi connectivity index (χ1n) is 14.2. The number of amides is 4. The molecule has 12 heteroatoms. The van der Waals surface area contributed by atoms with Gasteiger partial charge in [0.25, 0.3) is 5.91 Å². The summed E-state index contributed by atoms with van der Waals surface area (Å²) in [6.07, 6.45) is 6.16. The highest BCUT2D eigenvalue weighted by molar-refractivity contribution is 7.99. The number of halogens is 1. The van der Waals surface area contributed by atoms with Gasteiger partial charge in [-0.3, -0.25) is 19.1 Å². The fourth-order valence-corrected chi connectivity index (χ4v) is 6.33. The van der Waals surface area contributed by atoms with Crippen LogP contribution >= 0.6 is 23.5 Å². The molecule has 2 aliphatic carbocycles. The van der Waals surface area contributed by atoms with Gasteiger partial charge in [-0.25, -0.2) is 4.79 Å². The molecule has 4 rings (SSSR count). The van der Waals surface area contributed by atoms with Crippen molar-refractivity contribution < 1.29 is 29.0 Å². The second-order valence-electron chi connectivity index (χ2n) is 11.0. The zero-order chi connectivity index (χ0) is 28.5. The van der Waals surface area contributed by atoms with Gasteiger partial charge in [-0.15, -0.1) is 0 Å². The zero-order valence-electron chi connectivity index (χ0n) is 22.5. The molecular formula is C28H39ClN4O6S. The molecule has 40 heavy (non-hydrogen) atoms. The Labute approximate surface area is 244 Å². The standard InChI is InChI=1S/C28H39ClN4O6S/c29-20-8-4-7-18(13-20)16-39-28(38)33-40-23(14-17-5-2-1-3-6-17)26(36)32-22(15-19-11-12-30-25(19)35)24(34)27(37)31-21-9-10-21/h4,7-8,13,17,19,21-24,34H,1-3,5-6,9-12,14-16H2,(H,30,35)(H,31,37)(H,32,36)(H,33,38)/t19-,22-,23-,24?/m0/s1. The third-order valence-corrected chi connectivity index (χ3v) is 8.92. The first-order valence-corrected chi connectivity index (χ1v) is 15.4. The number of carbonyl (C=O) groups is 4. The van der Waals surface area contributed by atoms with Gasteiger partial charge < -0.3 is 25.8 Å². The number of hydrogen-bond donors (Lipinski definition) is 5. The van der Waals surface area contributed by atoms with Gasteiger partial charge in [0.1, 0.15) is 11.9 Å². The van der Waals surface area contributed by atoms with E-state index in [1.54, 1.807) is 24.3 Å². The minimum Gasteiger partial charge on any atom is -0.444 e. The SMILES string of the molecule is O=C(NS[C@@H](CC1CCCCC1)C(=O)N[C@@H](C[C@@H]1CCNC1=O)C(O)C(=O)NC1CC1)OCc1cccc(Cl)c1. The fraction of sp³-hybridized carbons (Fsp3) is 0.643. The second kappa shape index (κ2) is 14.9. The van der Waals surface area contributed by atoms with Gasteiger partial charge in [-0.2, -0.15) is 0 Å². The molecule has 2 saturated carbocycles. The quantitative estimate of drug-likeness (QED) is 0.220. The van der Waals surface area contributed by atoms with Gasteiger partial charge >= 0.3 is 6.09 Å². The Morgan fingerprint density at radius 2 is 1.85 bits per heavy atom. The van der Waals surface area contributed by atoms with Crippen LogP contribution in [0.5, 0.6) is 0 Å². The van der Waals surface area contributed by atoms with E-state index in [0.29, 0.717) is 30.3 Å². The Morgan fingerprint density at radius 1 is 1.07 bits per heavy atom. The summed E-state index contributed by atoms with van der Waals surface area (Å²) < 4.78 is 7.93. The molecule has 3 aliphatic rings. The van der Waals surface area contributed by atoms with Crippen LogP contribution in [0.2, 0.25) is 5.02 Å². The van der Waals surface area contributed by atoms with Crippen LogP contribution in [0, 0.1) is 11.8 Å². The molecule has 0 bridgehead atoms. The third kappa shape index (κ3) is 9.55. The molecule has 4 atom stereocenters. The first-order chi connectivity index (χ1) is 19.3. The zero-order valence-corrected chi connectivity index (χ0v) is 24.1. The van der Waals surface area contributed by atoms with E-state index in [1.165, 1.54) is 6.42 Å². The van der Waals surface area contributed by atoms with Crippen LogP contribution in [-0.2, 0) is 25.7 Å². The van der Waals surface area contributed by atoms with Crippen molar-refractivity contribution in [3.63, 3.8) is 0 Å².